The predicted molar refractivity (Wildman–Crippen MR) is 85.3 cm³/mol. The third-order valence-electron chi connectivity index (χ3n) is 3.95. The first kappa shape index (κ1) is 14.7. The van der Waals surface area contributed by atoms with E-state index in [0.29, 0.717) is 11.9 Å². The van der Waals surface area contributed by atoms with E-state index in [1.165, 1.54) is 6.26 Å². The second kappa shape index (κ2) is 6.66. The Labute approximate surface area is 129 Å². The molecule has 1 aromatic heterocycles. The maximum Gasteiger partial charge on any atom is 0.291 e. The van der Waals surface area contributed by atoms with E-state index >= 15 is 0 Å². The van der Waals surface area contributed by atoms with Crippen molar-refractivity contribution in [2.24, 2.45) is 0 Å². The summed E-state index contributed by atoms with van der Waals surface area (Å²) >= 11 is 0. The highest BCUT2D eigenvalue weighted by Crippen LogP contribution is 2.23. The van der Waals surface area contributed by atoms with Crippen molar-refractivity contribution in [1.29, 1.82) is 0 Å². The van der Waals surface area contributed by atoms with Gasteiger partial charge in [-0.1, -0.05) is 0 Å². The number of hydrogen-bond donors (Lipinski definition) is 1. The number of furan rings is 1. The van der Waals surface area contributed by atoms with Gasteiger partial charge in [-0.05, 0) is 49.2 Å². The van der Waals surface area contributed by atoms with E-state index < -0.39 is 0 Å². The van der Waals surface area contributed by atoms with E-state index in [9.17, 15) is 4.79 Å². The van der Waals surface area contributed by atoms with Crippen LogP contribution in [0.15, 0.2) is 47.1 Å². The van der Waals surface area contributed by atoms with Crippen molar-refractivity contribution in [3.05, 3.63) is 48.4 Å². The zero-order valence-electron chi connectivity index (χ0n) is 12.6. The van der Waals surface area contributed by atoms with Crippen LogP contribution in [-0.2, 0) is 4.74 Å². The van der Waals surface area contributed by atoms with Crippen molar-refractivity contribution in [3.8, 4) is 0 Å². The Hall–Kier alpha value is -2.27. The van der Waals surface area contributed by atoms with Gasteiger partial charge in [0.05, 0.1) is 12.4 Å². The van der Waals surface area contributed by atoms with Gasteiger partial charge in [-0.2, -0.15) is 0 Å². The summed E-state index contributed by atoms with van der Waals surface area (Å²) < 4.78 is 10.5. The van der Waals surface area contributed by atoms with Crippen LogP contribution in [0.1, 0.15) is 23.4 Å². The number of ether oxygens (including phenoxy) is 1. The van der Waals surface area contributed by atoms with Gasteiger partial charge in [0.15, 0.2) is 5.76 Å². The lowest BCUT2D eigenvalue weighted by Gasteiger charge is -2.33. The number of anilines is 2. The van der Waals surface area contributed by atoms with Gasteiger partial charge in [-0.3, -0.25) is 4.79 Å². The van der Waals surface area contributed by atoms with Gasteiger partial charge in [-0.25, -0.2) is 0 Å². The average Bonchev–Trinajstić information content (AvgIpc) is 3.10. The van der Waals surface area contributed by atoms with E-state index in [1.807, 2.05) is 24.3 Å². The SMILES string of the molecule is COC1CCCN(c2ccc(NC(=O)c3ccco3)cc2)C1. The molecule has 2 aromatic rings. The molecule has 5 nitrogen and oxygen atoms in total. The van der Waals surface area contributed by atoms with Crippen LogP contribution in [0.25, 0.3) is 0 Å². The van der Waals surface area contributed by atoms with Crippen molar-refractivity contribution in [3.63, 3.8) is 0 Å². The standard InChI is InChI=1S/C17H20N2O3/c1-21-15-4-2-10-19(12-15)14-8-6-13(7-9-14)18-17(20)16-5-3-11-22-16/h3,5-9,11,15H,2,4,10,12H2,1H3,(H,18,20). The predicted octanol–water partition coefficient (Wildman–Crippen LogP) is 3.15. The Kier molecular flexibility index (Phi) is 4.44. The molecular weight excluding hydrogens is 280 g/mol. The van der Waals surface area contributed by atoms with Crippen LogP contribution in [0.3, 0.4) is 0 Å². The molecule has 0 aliphatic carbocycles. The summed E-state index contributed by atoms with van der Waals surface area (Å²) in [5, 5.41) is 2.82. The zero-order valence-corrected chi connectivity index (χ0v) is 12.6. The summed E-state index contributed by atoms with van der Waals surface area (Å²) in [5.41, 5.74) is 1.91. The number of piperidine rings is 1. The largest absolute Gasteiger partial charge is 0.459 e. The normalized spacial score (nSPS) is 18.2. The molecule has 5 heteroatoms. The lowest BCUT2D eigenvalue weighted by Crippen LogP contribution is -2.39. The van der Waals surface area contributed by atoms with Gasteiger partial charge in [0.2, 0.25) is 0 Å². The molecule has 0 radical (unpaired) electrons. The molecule has 1 aliphatic heterocycles. The van der Waals surface area contributed by atoms with Gasteiger partial charge >= 0.3 is 0 Å². The van der Waals surface area contributed by atoms with Gasteiger partial charge in [0, 0.05) is 31.6 Å². The maximum atomic E-state index is 11.9. The lowest BCUT2D eigenvalue weighted by molar-refractivity contribution is 0.0893. The molecule has 2 heterocycles. The fraction of sp³-hybridized carbons (Fsp3) is 0.353. The number of carbonyl (C=O) groups excluding carboxylic acids is 1. The van der Waals surface area contributed by atoms with E-state index in [0.717, 1.165) is 37.3 Å². The van der Waals surface area contributed by atoms with Gasteiger partial charge in [-0.15, -0.1) is 0 Å². The monoisotopic (exact) mass is 300 g/mol. The Morgan fingerprint density at radius 3 is 2.82 bits per heavy atom. The number of rotatable bonds is 4. The first-order chi connectivity index (χ1) is 10.8. The zero-order chi connectivity index (χ0) is 15.4. The summed E-state index contributed by atoms with van der Waals surface area (Å²) in [6.07, 6.45) is 4.03. The first-order valence-electron chi connectivity index (χ1n) is 7.49. The quantitative estimate of drug-likeness (QED) is 0.942. The molecule has 116 valence electrons. The maximum absolute atomic E-state index is 11.9. The second-order valence-corrected chi connectivity index (χ2v) is 5.42. The molecule has 0 spiro atoms. The third-order valence-corrected chi connectivity index (χ3v) is 3.95. The average molecular weight is 300 g/mol. The third kappa shape index (κ3) is 3.31. The Balaban J connectivity index is 1.64. The number of hydrogen-bond acceptors (Lipinski definition) is 4. The molecule has 3 rings (SSSR count). The van der Waals surface area contributed by atoms with E-state index in [-0.39, 0.29) is 5.91 Å². The number of methoxy groups -OCH3 is 1. The van der Waals surface area contributed by atoms with E-state index in [2.05, 4.69) is 10.2 Å². The highest BCUT2D eigenvalue weighted by molar-refractivity contribution is 6.02. The highest BCUT2D eigenvalue weighted by atomic mass is 16.5. The molecule has 1 amide bonds. The summed E-state index contributed by atoms with van der Waals surface area (Å²) in [7, 11) is 1.77. The number of benzene rings is 1. The lowest BCUT2D eigenvalue weighted by atomic mass is 10.1. The van der Waals surface area contributed by atoms with Crippen LogP contribution in [0.2, 0.25) is 0 Å². The summed E-state index contributed by atoms with van der Waals surface area (Å²) in [6, 6.07) is 11.2. The summed E-state index contributed by atoms with van der Waals surface area (Å²) in [4.78, 5) is 14.2. The summed E-state index contributed by atoms with van der Waals surface area (Å²) in [5.74, 6) is 0.0678. The minimum absolute atomic E-state index is 0.241. The van der Waals surface area contributed by atoms with Crippen molar-refractivity contribution in [1.82, 2.24) is 0 Å². The van der Waals surface area contributed by atoms with Crippen molar-refractivity contribution < 1.29 is 13.9 Å². The van der Waals surface area contributed by atoms with Gasteiger partial charge in [0.25, 0.3) is 5.91 Å². The van der Waals surface area contributed by atoms with Crippen molar-refractivity contribution in [2.45, 2.75) is 18.9 Å². The molecule has 1 aromatic carbocycles. The Morgan fingerprint density at radius 2 is 2.14 bits per heavy atom. The summed E-state index contributed by atoms with van der Waals surface area (Å²) in [6.45, 7) is 1.95. The molecule has 1 fully saturated rings. The fourth-order valence-electron chi connectivity index (χ4n) is 2.72. The van der Waals surface area contributed by atoms with Crippen LogP contribution >= 0.6 is 0 Å². The number of carbonyl (C=O) groups is 1. The minimum atomic E-state index is -0.241. The number of nitrogens with zero attached hydrogens (tertiary/aromatic N) is 1. The molecule has 1 N–H and O–H groups in total. The van der Waals surface area contributed by atoms with Crippen LogP contribution in [0.5, 0.6) is 0 Å². The van der Waals surface area contributed by atoms with Crippen molar-refractivity contribution >= 4 is 17.3 Å². The number of nitrogens with one attached hydrogen (secondary N) is 1. The number of amides is 1. The van der Waals surface area contributed by atoms with Crippen LogP contribution in [-0.4, -0.2) is 32.2 Å². The highest BCUT2D eigenvalue weighted by Gasteiger charge is 2.19. The molecule has 1 atom stereocenters. The molecule has 0 saturated carbocycles. The second-order valence-electron chi connectivity index (χ2n) is 5.42. The fourth-order valence-corrected chi connectivity index (χ4v) is 2.72. The van der Waals surface area contributed by atoms with Crippen molar-refractivity contribution in [2.75, 3.05) is 30.4 Å². The molecule has 1 aliphatic rings. The Morgan fingerprint density at radius 1 is 1.32 bits per heavy atom. The van der Waals surface area contributed by atoms with Crippen LogP contribution in [0.4, 0.5) is 11.4 Å². The van der Waals surface area contributed by atoms with E-state index in [1.54, 1.807) is 19.2 Å². The molecule has 1 unspecified atom stereocenters. The van der Waals surface area contributed by atoms with Gasteiger partial charge < -0.3 is 19.4 Å². The van der Waals surface area contributed by atoms with Crippen LogP contribution < -0.4 is 10.2 Å². The molecule has 22 heavy (non-hydrogen) atoms. The first-order valence-corrected chi connectivity index (χ1v) is 7.49. The van der Waals surface area contributed by atoms with E-state index in [4.69, 9.17) is 9.15 Å². The van der Waals surface area contributed by atoms with Gasteiger partial charge in [0.1, 0.15) is 0 Å². The molecule has 0 bridgehead atoms. The topological polar surface area (TPSA) is 54.7 Å². The Bertz CT molecular complexity index is 607. The minimum Gasteiger partial charge on any atom is -0.459 e. The smallest absolute Gasteiger partial charge is 0.291 e. The molecular formula is C17H20N2O3. The van der Waals surface area contributed by atoms with Crippen LogP contribution in [0, 0.1) is 0 Å². The molecule has 1 saturated heterocycles.